The molecule has 4 N–H and O–H groups in total. The van der Waals surface area contributed by atoms with E-state index in [1.54, 1.807) is 13.8 Å². The van der Waals surface area contributed by atoms with Crippen LogP contribution in [0, 0.1) is 39.4 Å². The molecule has 4 rings (SSSR count). The van der Waals surface area contributed by atoms with Crippen LogP contribution in [0.25, 0.3) is 0 Å². The summed E-state index contributed by atoms with van der Waals surface area (Å²) in [7, 11) is 0. The van der Waals surface area contributed by atoms with Gasteiger partial charge < -0.3 is 20.4 Å². The van der Waals surface area contributed by atoms with E-state index in [2.05, 4.69) is 0 Å². The van der Waals surface area contributed by atoms with Gasteiger partial charge >= 0.3 is 0 Å². The molecule has 4 aliphatic carbocycles. The van der Waals surface area contributed by atoms with Crippen LogP contribution in [0.15, 0.2) is 35.6 Å². The number of aliphatic hydroxyl groups is 4. The topological polar surface area (TPSA) is 132 Å². The van der Waals surface area contributed by atoms with Gasteiger partial charge in [-0.3, -0.25) is 14.4 Å². The quantitative estimate of drug-likeness (QED) is 0.333. The van der Waals surface area contributed by atoms with Crippen LogP contribution in [0.4, 0.5) is 0 Å². The fourth-order valence-corrected chi connectivity index (χ4v) is 8.58. The molecule has 2 saturated carbocycles. The molecular formula is C30H42O7. The minimum Gasteiger partial charge on any atom is -0.505 e. The van der Waals surface area contributed by atoms with Crippen molar-refractivity contribution in [1.82, 2.24) is 0 Å². The SMILES string of the molecule is CC(C)(O)/C=C/C(=O)[C@](C)(O)[C@H]1[C@@H](O)C[C@@]2(C)[C@@H]3CC=C4[C@H](C=C(O)C(=O)C4(C)C)[C@@]3(C)C(=O)C[C@@]12C. The first-order valence-electron chi connectivity index (χ1n) is 13.2. The molecule has 37 heavy (non-hydrogen) atoms. The molecule has 0 radical (unpaired) electrons. The number of Topliss-reactive ketones (excluding diaryl/α,β-unsaturated/α-hetero) is 2. The van der Waals surface area contributed by atoms with Gasteiger partial charge in [-0.05, 0) is 76.4 Å². The van der Waals surface area contributed by atoms with E-state index in [0.29, 0.717) is 12.8 Å². The van der Waals surface area contributed by atoms with Crippen molar-refractivity contribution in [2.75, 3.05) is 0 Å². The maximum absolute atomic E-state index is 14.2. The van der Waals surface area contributed by atoms with Crippen molar-refractivity contribution in [3.63, 3.8) is 0 Å². The summed E-state index contributed by atoms with van der Waals surface area (Å²) >= 11 is 0. The van der Waals surface area contributed by atoms with Crippen LogP contribution in [-0.2, 0) is 14.4 Å². The van der Waals surface area contributed by atoms with Crippen molar-refractivity contribution in [1.29, 1.82) is 0 Å². The number of allylic oxidation sites excluding steroid dienone is 4. The highest BCUT2D eigenvalue weighted by Crippen LogP contribution is 2.73. The van der Waals surface area contributed by atoms with Gasteiger partial charge in [0, 0.05) is 23.7 Å². The number of ketones is 3. The van der Waals surface area contributed by atoms with Crippen molar-refractivity contribution in [2.45, 2.75) is 92.0 Å². The third-order valence-electron chi connectivity index (χ3n) is 10.8. The zero-order chi connectivity index (χ0) is 28.1. The number of fused-ring (bicyclic) bond motifs is 5. The van der Waals surface area contributed by atoms with Crippen LogP contribution in [0.5, 0.6) is 0 Å². The van der Waals surface area contributed by atoms with Gasteiger partial charge in [0.2, 0.25) is 5.78 Å². The molecule has 7 heteroatoms. The molecule has 0 aromatic rings. The monoisotopic (exact) mass is 514 g/mol. The Hall–Kier alpha value is -2.09. The summed E-state index contributed by atoms with van der Waals surface area (Å²) in [6, 6.07) is 0. The van der Waals surface area contributed by atoms with E-state index in [1.807, 2.05) is 26.8 Å². The second-order valence-electron chi connectivity index (χ2n) is 13.9. The van der Waals surface area contributed by atoms with Crippen LogP contribution in [0.1, 0.15) is 74.7 Å². The van der Waals surface area contributed by atoms with Gasteiger partial charge in [-0.1, -0.05) is 38.5 Å². The molecule has 0 spiro atoms. The zero-order valence-corrected chi connectivity index (χ0v) is 23.3. The Morgan fingerprint density at radius 3 is 2.22 bits per heavy atom. The Morgan fingerprint density at radius 2 is 1.65 bits per heavy atom. The Bertz CT molecular complexity index is 1150. The summed E-state index contributed by atoms with van der Waals surface area (Å²) in [4.78, 5) is 40.1. The van der Waals surface area contributed by atoms with Crippen molar-refractivity contribution in [2.24, 2.45) is 39.4 Å². The predicted octanol–water partition coefficient (Wildman–Crippen LogP) is 3.62. The van der Waals surface area contributed by atoms with Crippen molar-refractivity contribution in [3.05, 3.63) is 35.6 Å². The Labute approximate surface area is 219 Å². The van der Waals surface area contributed by atoms with E-state index in [-0.39, 0.29) is 29.7 Å². The lowest BCUT2D eigenvalue weighted by molar-refractivity contribution is -0.179. The Morgan fingerprint density at radius 1 is 1.05 bits per heavy atom. The number of hydrogen-bond acceptors (Lipinski definition) is 7. The third-order valence-corrected chi connectivity index (χ3v) is 10.8. The molecule has 0 aliphatic heterocycles. The van der Waals surface area contributed by atoms with Crippen LogP contribution in [0.2, 0.25) is 0 Å². The van der Waals surface area contributed by atoms with E-state index in [1.165, 1.54) is 32.9 Å². The molecule has 0 saturated heterocycles. The average Bonchev–Trinajstić information content (AvgIpc) is 2.96. The molecule has 0 unspecified atom stereocenters. The minimum atomic E-state index is -1.96. The molecule has 0 amide bonds. The van der Waals surface area contributed by atoms with Crippen LogP contribution < -0.4 is 0 Å². The summed E-state index contributed by atoms with van der Waals surface area (Å²) in [5, 5.41) is 43.6. The van der Waals surface area contributed by atoms with Gasteiger partial charge in [-0.25, -0.2) is 0 Å². The summed E-state index contributed by atoms with van der Waals surface area (Å²) in [5.41, 5.74) is -5.75. The molecule has 2 fully saturated rings. The van der Waals surface area contributed by atoms with Gasteiger partial charge in [-0.2, -0.15) is 0 Å². The minimum absolute atomic E-state index is 0.0453. The lowest BCUT2D eigenvalue weighted by Gasteiger charge is -2.63. The highest BCUT2D eigenvalue weighted by molar-refractivity contribution is 6.02. The van der Waals surface area contributed by atoms with Crippen LogP contribution >= 0.6 is 0 Å². The van der Waals surface area contributed by atoms with Gasteiger partial charge in [0.05, 0.1) is 17.1 Å². The molecule has 7 nitrogen and oxygen atoms in total. The lowest BCUT2D eigenvalue weighted by atomic mass is 9.39. The third kappa shape index (κ3) is 3.60. The molecular weight excluding hydrogens is 472 g/mol. The number of carbonyl (C=O) groups excluding carboxylic acids is 3. The summed E-state index contributed by atoms with van der Waals surface area (Å²) in [6.07, 6.45) is 5.85. The molecule has 0 aromatic carbocycles. The van der Waals surface area contributed by atoms with E-state index in [4.69, 9.17) is 0 Å². The van der Waals surface area contributed by atoms with Crippen molar-refractivity contribution < 1.29 is 34.8 Å². The number of carbonyl (C=O) groups is 3. The van der Waals surface area contributed by atoms with E-state index in [9.17, 15) is 34.8 Å². The molecule has 0 bridgehead atoms. The van der Waals surface area contributed by atoms with Crippen LogP contribution in [-0.4, -0.2) is 55.1 Å². The number of aliphatic hydroxyl groups excluding tert-OH is 2. The molecule has 8 atom stereocenters. The van der Waals surface area contributed by atoms with E-state index in [0.717, 1.165) is 11.6 Å². The first-order valence-corrected chi connectivity index (χ1v) is 13.2. The Balaban J connectivity index is 1.82. The fraction of sp³-hybridized carbons (Fsp3) is 0.700. The first-order chi connectivity index (χ1) is 16.7. The second kappa shape index (κ2) is 7.96. The number of hydrogen-bond donors (Lipinski definition) is 4. The number of rotatable bonds is 4. The summed E-state index contributed by atoms with van der Waals surface area (Å²) in [6.45, 7) is 13.8. The maximum atomic E-state index is 14.2. The molecule has 204 valence electrons. The van der Waals surface area contributed by atoms with Crippen molar-refractivity contribution >= 4 is 17.3 Å². The summed E-state index contributed by atoms with van der Waals surface area (Å²) < 4.78 is 0. The second-order valence-corrected chi connectivity index (χ2v) is 13.9. The lowest BCUT2D eigenvalue weighted by Crippen LogP contribution is -2.64. The van der Waals surface area contributed by atoms with Gasteiger partial charge in [-0.15, -0.1) is 0 Å². The average molecular weight is 515 g/mol. The first kappa shape index (κ1) is 27.9. The Kier molecular flexibility index (Phi) is 6.01. The van der Waals surface area contributed by atoms with Gasteiger partial charge in [0.1, 0.15) is 11.4 Å². The maximum Gasteiger partial charge on any atom is 0.206 e. The highest BCUT2D eigenvalue weighted by Gasteiger charge is 2.74. The highest BCUT2D eigenvalue weighted by atomic mass is 16.3. The molecule has 0 heterocycles. The molecule has 4 aliphatic rings. The van der Waals surface area contributed by atoms with Crippen molar-refractivity contribution in [3.8, 4) is 0 Å². The van der Waals surface area contributed by atoms with Crippen LogP contribution in [0.3, 0.4) is 0 Å². The summed E-state index contributed by atoms with van der Waals surface area (Å²) in [5.74, 6) is -2.98. The fourth-order valence-electron chi connectivity index (χ4n) is 8.58. The standard InChI is InChI=1S/C30H42O7/c1-25(2,36)12-11-21(33)30(8,37)23-19(32)14-27(5)20-10-9-16-17(13-18(31)24(35)26(16,3)4)29(20,7)22(34)15-28(23,27)6/h9,11-13,17,19-20,23,31-32,36-37H,10,14-15H2,1-8H3/b12-11+/t17-,19-,20-,23-,27-,28-,29+,30-/m0/s1. The smallest absolute Gasteiger partial charge is 0.206 e. The van der Waals surface area contributed by atoms with Gasteiger partial charge in [0.25, 0.3) is 0 Å². The predicted molar refractivity (Wildman–Crippen MR) is 138 cm³/mol. The largest absolute Gasteiger partial charge is 0.505 e. The normalized spacial score (nSPS) is 42.9. The van der Waals surface area contributed by atoms with E-state index < -0.39 is 56.6 Å². The zero-order valence-electron chi connectivity index (χ0n) is 23.3. The van der Waals surface area contributed by atoms with E-state index >= 15 is 0 Å². The molecule has 0 aromatic heterocycles. The van der Waals surface area contributed by atoms with Gasteiger partial charge in [0.15, 0.2) is 11.5 Å².